The lowest BCUT2D eigenvalue weighted by atomic mass is 10.1. The predicted molar refractivity (Wildman–Crippen MR) is 74.7 cm³/mol. The van der Waals surface area contributed by atoms with Gasteiger partial charge >= 0.3 is 12.0 Å². The number of carbonyl (C=O) groups excluding carboxylic acids is 1. The second-order valence-corrected chi connectivity index (χ2v) is 5.30. The number of amides is 2. The number of carboxylic acids is 1. The predicted octanol–water partition coefficient (Wildman–Crippen LogP) is 0.260. The number of aliphatic carboxylic acids is 1. The molecule has 7 heteroatoms. The molecule has 1 rings (SSSR count). The van der Waals surface area contributed by atoms with Crippen molar-refractivity contribution in [1.29, 1.82) is 0 Å². The molecule has 1 heterocycles. The van der Waals surface area contributed by atoms with Crippen LogP contribution in [-0.4, -0.2) is 67.4 Å². The Labute approximate surface area is 119 Å². The number of rotatable bonds is 7. The first-order valence-corrected chi connectivity index (χ1v) is 7.03. The van der Waals surface area contributed by atoms with Gasteiger partial charge < -0.3 is 25.4 Å². The van der Waals surface area contributed by atoms with Gasteiger partial charge in [-0.2, -0.15) is 0 Å². The smallest absolute Gasteiger partial charge is 0.315 e. The molecule has 0 bridgehead atoms. The molecule has 1 aliphatic heterocycles. The summed E-state index contributed by atoms with van der Waals surface area (Å²) in [6.45, 7) is 4.78. The van der Waals surface area contributed by atoms with Gasteiger partial charge in [0.05, 0.1) is 12.7 Å². The molecule has 0 aromatic rings. The molecule has 2 unspecified atom stereocenters. The number of nitrogens with one attached hydrogen (secondary N) is 2. The topological polar surface area (TPSA) is 90.9 Å². The Hall–Kier alpha value is -1.34. The van der Waals surface area contributed by atoms with Crippen molar-refractivity contribution in [2.75, 3.05) is 33.3 Å². The molecule has 0 aromatic heterocycles. The number of ether oxygens (including phenoxy) is 1. The molecule has 7 nitrogen and oxygen atoms in total. The van der Waals surface area contributed by atoms with Crippen molar-refractivity contribution in [2.24, 2.45) is 0 Å². The number of hydrogen-bond donors (Lipinski definition) is 3. The number of nitrogens with zero attached hydrogens (tertiary/aromatic N) is 1. The second kappa shape index (κ2) is 8.76. The summed E-state index contributed by atoms with van der Waals surface area (Å²) in [6.07, 6.45) is 1.38. The lowest BCUT2D eigenvalue weighted by molar-refractivity contribution is -0.137. The van der Waals surface area contributed by atoms with E-state index in [-0.39, 0.29) is 24.6 Å². The van der Waals surface area contributed by atoms with Gasteiger partial charge in [0.15, 0.2) is 0 Å². The quantitative estimate of drug-likeness (QED) is 0.625. The van der Waals surface area contributed by atoms with Crippen LogP contribution in [0.4, 0.5) is 4.79 Å². The molecule has 116 valence electrons. The zero-order chi connectivity index (χ0) is 15.0. The number of urea groups is 1. The monoisotopic (exact) mass is 287 g/mol. The zero-order valence-electron chi connectivity index (χ0n) is 12.2. The van der Waals surface area contributed by atoms with E-state index in [1.54, 1.807) is 0 Å². The number of hydrogen-bond acceptors (Lipinski definition) is 4. The third-order valence-corrected chi connectivity index (χ3v) is 3.24. The first-order chi connectivity index (χ1) is 9.47. The molecule has 0 aromatic carbocycles. The molecule has 0 radical (unpaired) electrons. The largest absolute Gasteiger partial charge is 0.481 e. The average molecular weight is 287 g/mol. The minimum absolute atomic E-state index is 0.0295. The van der Waals surface area contributed by atoms with Crippen LogP contribution in [0.25, 0.3) is 0 Å². The second-order valence-electron chi connectivity index (χ2n) is 5.30. The fourth-order valence-electron chi connectivity index (χ4n) is 2.10. The summed E-state index contributed by atoms with van der Waals surface area (Å²) < 4.78 is 5.55. The Balaban J connectivity index is 2.11. The lowest BCUT2D eigenvalue weighted by Crippen LogP contribution is -2.49. The van der Waals surface area contributed by atoms with Gasteiger partial charge in [-0.05, 0) is 26.8 Å². The number of morpholine rings is 1. The summed E-state index contributed by atoms with van der Waals surface area (Å²) in [5.41, 5.74) is 0. The van der Waals surface area contributed by atoms with Crippen LogP contribution in [-0.2, 0) is 9.53 Å². The van der Waals surface area contributed by atoms with Crippen molar-refractivity contribution < 1.29 is 19.4 Å². The highest BCUT2D eigenvalue weighted by Crippen LogP contribution is 2.02. The minimum Gasteiger partial charge on any atom is -0.481 e. The average Bonchev–Trinajstić information content (AvgIpc) is 2.36. The highest BCUT2D eigenvalue weighted by molar-refractivity contribution is 5.74. The minimum atomic E-state index is -0.805. The van der Waals surface area contributed by atoms with Gasteiger partial charge in [-0.3, -0.25) is 4.79 Å². The van der Waals surface area contributed by atoms with Crippen LogP contribution in [0.3, 0.4) is 0 Å². The Morgan fingerprint density at radius 2 is 2.25 bits per heavy atom. The number of likely N-dealkylation sites (N-methyl/N-ethyl adjacent to an activating group) is 1. The van der Waals surface area contributed by atoms with Gasteiger partial charge in [-0.1, -0.05) is 0 Å². The summed E-state index contributed by atoms with van der Waals surface area (Å²) in [7, 11) is 2.03. The zero-order valence-corrected chi connectivity index (χ0v) is 12.2. The number of carbonyl (C=O) groups is 2. The van der Waals surface area contributed by atoms with Crippen molar-refractivity contribution >= 4 is 12.0 Å². The van der Waals surface area contributed by atoms with Crippen LogP contribution < -0.4 is 10.6 Å². The van der Waals surface area contributed by atoms with Gasteiger partial charge in [0.2, 0.25) is 0 Å². The molecule has 2 amide bonds. The fraction of sp³-hybridized carbons (Fsp3) is 0.846. The molecule has 1 saturated heterocycles. The molecular formula is C13H25N3O4. The van der Waals surface area contributed by atoms with E-state index in [9.17, 15) is 9.59 Å². The summed E-state index contributed by atoms with van der Waals surface area (Å²) in [5.74, 6) is -0.805. The van der Waals surface area contributed by atoms with Crippen molar-refractivity contribution in [3.8, 4) is 0 Å². The first kappa shape index (κ1) is 16.7. The first-order valence-electron chi connectivity index (χ1n) is 7.03. The van der Waals surface area contributed by atoms with Crippen LogP contribution >= 0.6 is 0 Å². The molecule has 0 saturated carbocycles. The van der Waals surface area contributed by atoms with E-state index in [4.69, 9.17) is 9.84 Å². The maximum atomic E-state index is 11.7. The van der Waals surface area contributed by atoms with Crippen molar-refractivity contribution in [3.63, 3.8) is 0 Å². The van der Waals surface area contributed by atoms with Crippen LogP contribution in [0.1, 0.15) is 26.2 Å². The van der Waals surface area contributed by atoms with Crippen LogP contribution in [0.2, 0.25) is 0 Å². The Morgan fingerprint density at radius 3 is 2.90 bits per heavy atom. The molecule has 3 N–H and O–H groups in total. The molecule has 1 aliphatic rings. The van der Waals surface area contributed by atoms with E-state index < -0.39 is 5.97 Å². The Morgan fingerprint density at radius 1 is 1.50 bits per heavy atom. The SMILES string of the molecule is CC(CCCC(=O)O)NC(=O)NCC1CN(C)CCO1. The van der Waals surface area contributed by atoms with E-state index in [1.165, 1.54) is 0 Å². The molecular weight excluding hydrogens is 262 g/mol. The van der Waals surface area contributed by atoms with Gasteiger partial charge in [-0.25, -0.2) is 4.79 Å². The van der Waals surface area contributed by atoms with E-state index in [0.29, 0.717) is 26.0 Å². The molecule has 1 fully saturated rings. The lowest BCUT2D eigenvalue weighted by Gasteiger charge is -2.30. The van der Waals surface area contributed by atoms with Gasteiger partial charge in [0.1, 0.15) is 0 Å². The van der Waals surface area contributed by atoms with Gasteiger partial charge in [-0.15, -0.1) is 0 Å². The van der Waals surface area contributed by atoms with Crippen LogP contribution in [0, 0.1) is 0 Å². The van der Waals surface area contributed by atoms with Crippen LogP contribution in [0.15, 0.2) is 0 Å². The third-order valence-electron chi connectivity index (χ3n) is 3.24. The van der Waals surface area contributed by atoms with Gasteiger partial charge in [0.25, 0.3) is 0 Å². The highest BCUT2D eigenvalue weighted by Gasteiger charge is 2.18. The summed E-state index contributed by atoms with van der Waals surface area (Å²) in [4.78, 5) is 24.2. The van der Waals surface area contributed by atoms with E-state index in [1.807, 2.05) is 14.0 Å². The van der Waals surface area contributed by atoms with Gasteiger partial charge in [0, 0.05) is 32.1 Å². The van der Waals surface area contributed by atoms with E-state index >= 15 is 0 Å². The molecule has 0 spiro atoms. The van der Waals surface area contributed by atoms with Crippen molar-refractivity contribution in [2.45, 2.75) is 38.3 Å². The highest BCUT2D eigenvalue weighted by atomic mass is 16.5. The summed E-state index contributed by atoms with van der Waals surface area (Å²) in [5, 5.41) is 14.1. The normalized spacial score (nSPS) is 21.2. The van der Waals surface area contributed by atoms with Crippen LogP contribution in [0.5, 0.6) is 0 Å². The molecule has 0 aliphatic carbocycles. The summed E-state index contributed by atoms with van der Waals surface area (Å²) in [6, 6.07) is -0.269. The Bertz CT molecular complexity index is 325. The van der Waals surface area contributed by atoms with Crippen molar-refractivity contribution in [3.05, 3.63) is 0 Å². The maximum Gasteiger partial charge on any atom is 0.315 e. The van der Waals surface area contributed by atoms with E-state index in [0.717, 1.165) is 13.1 Å². The summed E-state index contributed by atoms with van der Waals surface area (Å²) >= 11 is 0. The van der Waals surface area contributed by atoms with Crippen molar-refractivity contribution in [1.82, 2.24) is 15.5 Å². The standard InChI is InChI=1S/C13H25N3O4/c1-10(4-3-5-12(17)18)15-13(19)14-8-11-9-16(2)6-7-20-11/h10-11H,3-9H2,1-2H3,(H,17,18)(H2,14,15,19). The number of carboxylic acid groups (broad SMARTS) is 1. The molecule has 20 heavy (non-hydrogen) atoms. The maximum absolute atomic E-state index is 11.7. The van der Waals surface area contributed by atoms with E-state index in [2.05, 4.69) is 15.5 Å². The third kappa shape index (κ3) is 7.30. The molecule has 2 atom stereocenters. The fourth-order valence-corrected chi connectivity index (χ4v) is 2.10. The Kier molecular flexibility index (Phi) is 7.32.